The number of amides is 2. The van der Waals surface area contributed by atoms with Crippen molar-refractivity contribution in [2.75, 3.05) is 19.6 Å². The van der Waals surface area contributed by atoms with Crippen molar-refractivity contribution in [2.24, 2.45) is 0 Å². The summed E-state index contributed by atoms with van der Waals surface area (Å²) in [5.41, 5.74) is 0.666. The van der Waals surface area contributed by atoms with Crippen molar-refractivity contribution in [2.45, 2.75) is 20.3 Å². The van der Waals surface area contributed by atoms with E-state index in [0.717, 1.165) is 2.88 Å². The molecular formula is C12H17IN2O2S. The van der Waals surface area contributed by atoms with Crippen molar-refractivity contribution >= 4 is 45.7 Å². The number of nitrogens with zero attached hydrogens (tertiary/aromatic N) is 1. The molecular weight excluding hydrogens is 363 g/mol. The summed E-state index contributed by atoms with van der Waals surface area (Å²) in [5.74, 6) is -0.0262. The van der Waals surface area contributed by atoms with Crippen LogP contribution in [-0.4, -0.2) is 36.3 Å². The van der Waals surface area contributed by atoms with E-state index < -0.39 is 0 Å². The molecule has 0 spiro atoms. The molecule has 0 aliphatic heterocycles. The first-order chi connectivity index (χ1) is 8.58. The lowest BCUT2D eigenvalue weighted by Gasteiger charge is -2.18. The minimum absolute atomic E-state index is 0.0835. The summed E-state index contributed by atoms with van der Waals surface area (Å²) in [4.78, 5) is 25.2. The number of carbonyl (C=O) groups is 2. The van der Waals surface area contributed by atoms with Crippen LogP contribution in [0, 0.1) is 2.88 Å². The third-order valence-corrected chi connectivity index (χ3v) is 4.36. The van der Waals surface area contributed by atoms with E-state index in [4.69, 9.17) is 0 Å². The molecule has 0 atom stereocenters. The van der Waals surface area contributed by atoms with E-state index in [-0.39, 0.29) is 11.8 Å². The summed E-state index contributed by atoms with van der Waals surface area (Å²) in [5, 5.41) is 4.59. The van der Waals surface area contributed by atoms with Gasteiger partial charge in [-0.25, -0.2) is 0 Å². The zero-order chi connectivity index (χ0) is 13.5. The number of hydrogen-bond acceptors (Lipinski definition) is 3. The Balaban J connectivity index is 2.34. The molecule has 0 fully saturated rings. The fourth-order valence-electron chi connectivity index (χ4n) is 1.55. The third-order valence-electron chi connectivity index (χ3n) is 2.57. The number of thiophene rings is 1. The van der Waals surface area contributed by atoms with E-state index >= 15 is 0 Å². The first-order valence-corrected chi connectivity index (χ1v) is 7.84. The molecule has 1 aromatic heterocycles. The molecule has 0 bridgehead atoms. The van der Waals surface area contributed by atoms with Crippen LogP contribution in [0.15, 0.2) is 11.4 Å². The van der Waals surface area contributed by atoms with Gasteiger partial charge in [0.15, 0.2) is 0 Å². The van der Waals surface area contributed by atoms with E-state index in [1.807, 2.05) is 25.3 Å². The molecule has 0 saturated heterocycles. The summed E-state index contributed by atoms with van der Waals surface area (Å²) in [6, 6.07) is 1.84. The maximum Gasteiger partial charge on any atom is 0.252 e. The van der Waals surface area contributed by atoms with Crippen LogP contribution in [0.5, 0.6) is 0 Å². The van der Waals surface area contributed by atoms with Gasteiger partial charge in [-0.1, -0.05) is 0 Å². The van der Waals surface area contributed by atoms with Crippen LogP contribution in [-0.2, 0) is 4.79 Å². The first-order valence-electron chi connectivity index (χ1n) is 5.88. The zero-order valence-corrected chi connectivity index (χ0v) is 13.5. The normalized spacial score (nSPS) is 10.2. The van der Waals surface area contributed by atoms with Gasteiger partial charge in [0.1, 0.15) is 0 Å². The molecule has 0 radical (unpaired) electrons. The minimum atomic E-state index is -0.110. The molecule has 6 heteroatoms. The molecule has 1 aromatic rings. The monoisotopic (exact) mass is 380 g/mol. The van der Waals surface area contributed by atoms with E-state index in [0.29, 0.717) is 31.6 Å². The van der Waals surface area contributed by atoms with E-state index in [1.54, 1.807) is 4.90 Å². The van der Waals surface area contributed by atoms with Crippen LogP contribution in [0.4, 0.5) is 0 Å². The Morgan fingerprint density at radius 2 is 2.06 bits per heavy atom. The lowest BCUT2D eigenvalue weighted by molar-refractivity contribution is -0.130. The predicted molar refractivity (Wildman–Crippen MR) is 81.9 cm³/mol. The summed E-state index contributed by atoms with van der Waals surface area (Å²) in [6.07, 6.45) is 0.356. The van der Waals surface area contributed by atoms with Gasteiger partial charge < -0.3 is 10.2 Å². The summed E-state index contributed by atoms with van der Waals surface area (Å²) >= 11 is 3.71. The van der Waals surface area contributed by atoms with Gasteiger partial charge in [0, 0.05) is 31.4 Å². The molecule has 1 rings (SSSR count). The number of rotatable bonds is 6. The second kappa shape index (κ2) is 7.73. The SMILES string of the molecule is CCN(CC)C(=O)CCNC(=O)c1csc(I)c1. The largest absolute Gasteiger partial charge is 0.351 e. The summed E-state index contributed by atoms with van der Waals surface area (Å²) in [6.45, 7) is 5.72. The van der Waals surface area contributed by atoms with Crippen molar-refractivity contribution in [1.82, 2.24) is 10.2 Å². The van der Waals surface area contributed by atoms with Crippen LogP contribution in [0.2, 0.25) is 0 Å². The van der Waals surface area contributed by atoms with Gasteiger partial charge in [-0.2, -0.15) is 0 Å². The van der Waals surface area contributed by atoms with E-state index in [9.17, 15) is 9.59 Å². The van der Waals surface area contributed by atoms with Crippen LogP contribution in [0.1, 0.15) is 30.6 Å². The second-order valence-electron chi connectivity index (χ2n) is 3.71. The van der Waals surface area contributed by atoms with Crippen molar-refractivity contribution < 1.29 is 9.59 Å². The van der Waals surface area contributed by atoms with Gasteiger partial charge in [0.25, 0.3) is 5.91 Å². The zero-order valence-electron chi connectivity index (χ0n) is 10.5. The van der Waals surface area contributed by atoms with E-state index in [1.165, 1.54) is 11.3 Å². The minimum Gasteiger partial charge on any atom is -0.351 e. The molecule has 0 aliphatic rings. The molecule has 18 heavy (non-hydrogen) atoms. The highest BCUT2D eigenvalue weighted by Gasteiger charge is 2.11. The van der Waals surface area contributed by atoms with Crippen LogP contribution in [0.25, 0.3) is 0 Å². The van der Waals surface area contributed by atoms with Crippen LogP contribution in [0.3, 0.4) is 0 Å². The van der Waals surface area contributed by atoms with Gasteiger partial charge in [0.05, 0.1) is 8.45 Å². The summed E-state index contributed by atoms with van der Waals surface area (Å²) in [7, 11) is 0. The molecule has 0 unspecified atom stereocenters. The van der Waals surface area contributed by atoms with Gasteiger partial charge in [-0.05, 0) is 42.5 Å². The lowest BCUT2D eigenvalue weighted by atomic mass is 10.3. The molecule has 4 nitrogen and oxygen atoms in total. The molecule has 0 aromatic carbocycles. The van der Waals surface area contributed by atoms with Crippen LogP contribution >= 0.6 is 33.9 Å². The van der Waals surface area contributed by atoms with Crippen molar-refractivity contribution in [3.63, 3.8) is 0 Å². The molecule has 1 heterocycles. The van der Waals surface area contributed by atoms with Crippen molar-refractivity contribution in [3.05, 3.63) is 19.9 Å². The highest BCUT2D eigenvalue weighted by molar-refractivity contribution is 14.1. The molecule has 1 N–H and O–H groups in total. The fourth-order valence-corrected chi connectivity index (χ4v) is 2.88. The smallest absolute Gasteiger partial charge is 0.252 e. The van der Waals surface area contributed by atoms with Gasteiger partial charge in [0.2, 0.25) is 5.91 Å². The van der Waals surface area contributed by atoms with Gasteiger partial charge in [-0.3, -0.25) is 9.59 Å². The Morgan fingerprint density at radius 3 is 2.56 bits per heavy atom. The highest BCUT2D eigenvalue weighted by atomic mass is 127. The number of nitrogens with one attached hydrogen (secondary N) is 1. The Hall–Kier alpha value is -0.630. The molecule has 0 saturated carbocycles. The molecule has 2 amide bonds. The Kier molecular flexibility index (Phi) is 6.62. The van der Waals surface area contributed by atoms with E-state index in [2.05, 4.69) is 27.9 Å². The van der Waals surface area contributed by atoms with Crippen molar-refractivity contribution in [1.29, 1.82) is 0 Å². The maximum atomic E-state index is 11.7. The molecule has 0 aliphatic carbocycles. The fraction of sp³-hybridized carbons (Fsp3) is 0.500. The average molecular weight is 380 g/mol. The Morgan fingerprint density at radius 1 is 1.39 bits per heavy atom. The Labute approximate surface area is 125 Å². The number of carbonyl (C=O) groups excluding carboxylic acids is 2. The first kappa shape index (κ1) is 15.4. The summed E-state index contributed by atoms with van der Waals surface area (Å²) < 4.78 is 1.08. The van der Waals surface area contributed by atoms with Gasteiger partial charge in [-0.15, -0.1) is 11.3 Å². The quantitative estimate of drug-likeness (QED) is 0.771. The predicted octanol–water partition coefficient (Wildman–Crippen LogP) is 2.34. The van der Waals surface area contributed by atoms with Crippen molar-refractivity contribution in [3.8, 4) is 0 Å². The highest BCUT2D eigenvalue weighted by Crippen LogP contribution is 2.16. The maximum absolute atomic E-state index is 11.7. The third kappa shape index (κ3) is 4.56. The second-order valence-corrected chi connectivity index (χ2v) is 6.52. The molecule has 100 valence electrons. The topological polar surface area (TPSA) is 49.4 Å². The number of halogens is 1. The van der Waals surface area contributed by atoms with Crippen LogP contribution < -0.4 is 5.32 Å². The average Bonchev–Trinajstić information content (AvgIpc) is 2.77. The Bertz CT molecular complexity index is 416. The lowest BCUT2D eigenvalue weighted by Crippen LogP contribution is -2.34. The standard InChI is InChI=1S/C12H17IN2O2S/c1-3-15(4-2)11(16)5-6-14-12(17)9-7-10(13)18-8-9/h7-8H,3-6H2,1-2H3,(H,14,17). The van der Waals surface area contributed by atoms with Gasteiger partial charge >= 0.3 is 0 Å². The number of hydrogen-bond donors (Lipinski definition) is 1.